The van der Waals surface area contributed by atoms with Crippen molar-refractivity contribution in [1.29, 1.82) is 0 Å². The molecule has 22 heavy (non-hydrogen) atoms. The number of benzene rings is 1. The maximum absolute atomic E-state index is 12.4. The summed E-state index contributed by atoms with van der Waals surface area (Å²) in [5.74, 6) is 1.36. The number of halogens is 1. The summed E-state index contributed by atoms with van der Waals surface area (Å²) in [6.07, 6.45) is 1.64. The first-order chi connectivity index (χ1) is 10.6. The molecule has 0 aliphatic carbocycles. The van der Waals surface area contributed by atoms with Gasteiger partial charge in [0, 0.05) is 11.8 Å². The molecule has 0 spiro atoms. The molecule has 1 amide bonds. The van der Waals surface area contributed by atoms with Gasteiger partial charge in [0.2, 0.25) is 0 Å². The van der Waals surface area contributed by atoms with Crippen LogP contribution in [0.2, 0.25) is 0 Å². The Morgan fingerprint density at radius 1 is 1.41 bits per heavy atom. The van der Waals surface area contributed by atoms with E-state index in [1.54, 1.807) is 18.3 Å². The molecule has 0 unspecified atom stereocenters. The van der Waals surface area contributed by atoms with Crippen LogP contribution in [-0.2, 0) is 0 Å². The summed E-state index contributed by atoms with van der Waals surface area (Å²) in [6.45, 7) is 4.28. The van der Waals surface area contributed by atoms with Gasteiger partial charge in [-0.3, -0.25) is 4.79 Å². The van der Waals surface area contributed by atoms with Crippen LogP contribution < -0.4 is 14.8 Å². The SMILES string of the molecule is CCOc1c(Br)cc(C(=O)Nc2ncccc2C)cc1OC. The number of anilines is 1. The van der Waals surface area contributed by atoms with Crippen molar-refractivity contribution in [2.75, 3.05) is 19.0 Å². The predicted octanol–water partition coefficient (Wildman–Crippen LogP) is 3.81. The van der Waals surface area contributed by atoms with Crippen molar-refractivity contribution in [2.24, 2.45) is 0 Å². The first kappa shape index (κ1) is 16.3. The zero-order valence-electron chi connectivity index (χ0n) is 12.6. The van der Waals surface area contributed by atoms with Gasteiger partial charge < -0.3 is 14.8 Å². The molecule has 0 aliphatic heterocycles. The van der Waals surface area contributed by atoms with Gasteiger partial charge in [-0.2, -0.15) is 0 Å². The fraction of sp³-hybridized carbons (Fsp3) is 0.250. The Morgan fingerprint density at radius 2 is 2.18 bits per heavy atom. The summed E-state index contributed by atoms with van der Waals surface area (Å²) in [7, 11) is 1.54. The van der Waals surface area contributed by atoms with E-state index in [0.717, 1.165) is 5.56 Å². The first-order valence-corrected chi connectivity index (χ1v) is 7.59. The number of ether oxygens (including phenoxy) is 2. The molecule has 0 saturated heterocycles. The van der Waals surface area contributed by atoms with Gasteiger partial charge in [-0.1, -0.05) is 6.07 Å². The Morgan fingerprint density at radius 3 is 2.82 bits per heavy atom. The predicted molar refractivity (Wildman–Crippen MR) is 88.8 cm³/mol. The molecule has 2 rings (SSSR count). The number of carbonyl (C=O) groups is 1. The fourth-order valence-corrected chi connectivity index (χ4v) is 2.49. The molecular weight excluding hydrogens is 348 g/mol. The zero-order chi connectivity index (χ0) is 16.1. The maximum Gasteiger partial charge on any atom is 0.257 e. The molecule has 0 aliphatic rings. The number of hydrogen-bond acceptors (Lipinski definition) is 4. The highest BCUT2D eigenvalue weighted by atomic mass is 79.9. The van der Waals surface area contributed by atoms with Crippen LogP contribution in [-0.4, -0.2) is 24.6 Å². The number of carbonyl (C=O) groups excluding carboxylic acids is 1. The molecule has 116 valence electrons. The molecule has 1 aromatic carbocycles. The number of methoxy groups -OCH3 is 1. The highest BCUT2D eigenvalue weighted by Crippen LogP contribution is 2.36. The number of hydrogen-bond donors (Lipinski definition) is 1. The first-order valence-electron chi connectivity index (χ1n) is 6.80. The summed E-state index contributed by atoms with van der Waals surface area (Å²) >= 11 is 3.41. The van der Waals surface area contributed by atoms with E-state index in [0.29, 0.717) is 34.0 Å². The Kier molecular flexibility index (Phi) is 5.38. The van der Waals surface area contributed by atoms with Gasteiger partial charge in [-0.25, -0.2) is 4.98 Å². The van der Waals surface area contributed by atoms with Crippen molar-refractivity contribution in [3.8, 4) is 11.5 Å². The lowest BCUT2D eigenvalue weighted by molar-refractivity contribution is 0.102. The minimum atomic E-state index is -0.260. The van der Waals surface area contributed by atoms with Crippen LogP contribution in [0.3, 0.4) is 0 Å². The third-order valence-corrected chi connectivity index (χ3v) is 3.61. The Bertz CT molecular complexity index is 689. The van der Waals surface area contributed by atoms with E-state index in [1.165, 1.54) is 7.11 Å². The van der Waals surface area contributed by atoms with Crippen molar-refractivity contribution >= 4 is 27.7 Å². The molecule has 0 fully saturated rings. The number of pyridine rings is 1. The molecule has 5 nitrogen and oxygen atoms in total. The lowest BCUT2D eigenvalue weighted by Gasteiger charge is -2.13. The molecular formula is C16H17BrN2O3. The van der Waals surface area contributed by atoms with E-state index < -0.39 is 0 Å². The average molecular weight is 365 g/mol. The molecule has 0 radical (unpaired) electrons. The number of aryl methyl sites for hydroxylation is 1. The number of amides is 1. The minimum absolute atomic E-state index is 0.260. The highest BCUT2D eigenvalue weighted by Gasteiger charge is 2.16. The van der Waals surface area contributed by atoms with Gasteiger partial charge in [0.05, 0.1) is 18.2 Å². The number of rotatable bonds is 5. The highest BCUT2D eigenvalue weighted by molar-refractivity contribution is 9.10. The van der Waals surface area contributed by atoms with Gasteiger partial charge >= 0.3 is 0 Å². The summed E-state index contributed by atoms with van der Waals surface area (Å²) in [4.78, 5) is 16.5. The standard InChI is InChI=1S/C16H17BrN2O3/c1-4-22-14-12(17)8-11(9-13(14)21-3)16(20)19-15-10(2)6-5-7-18-15/h5-9H,4H2,1-3H3,(H,18,19,20). The third kappa shape index (κ3) is 3.57. The molecule has 0 atom stereocenters. The zero-order valence-corrected chi connectivity index (χ0v) is 14.2. The van der Waals surface area contributed by atoms with Crippen molar-refractivity contribution in [3.63, 3.8) is 0 Å². The largest absolute Gasteiger partial charge is 0.493 e. The van der Waals surface area contributed by atoms with Crippen LogP contribution in [0, 0.1) is 6.92 Å². The van der Waals surface area contributed by atoms with Crippen LogP contribution in [0.15, 0.2) is 34.9 Å². The second-order valence-corrected chi connectivity index (χ2v) is 5.40. The quantitative estimate of drug-likeness (QED) is 0.875. The number of aromatic nitrogens is 1. The van der Waals surface area contributed by atoms with Crippen LogP contribution in [0.1, 0.15) is 22.8 Å². The molecule has 1 aromatic heterocycles. The van der Waals surface area contributed by atoms with E-state index in [4.69, 9.17) is 9.47 Å². The van der Waals surface area contributed by atoms with E-state index in [1.807, 2.05) is 26.0 Å². The second-order valence-electron chi connectivity index (χ2n) is 4.55. The van der Waals surface area contributed by atoms with E-state index >= 15 is 0 Å². The summed E-state index contributed by atoms with van der Waals surface area (Å²) in [6, 6.07) is 7.04. The summed E-state index contributed by atoms with van der Waals surface area (Å²) in [5, 5.41) is 2.79. The molecule has 0 saturated carbocycles. The topological polar surface area (TPSA) is 60.5 Å². The van der Waals surface area contributed by atoms with Crippen LogP contribution in [0.5, 0.6) is 11.5 Å². The monoisotopic (exact) mass is 364 g/mol. The molecule has 2 aromatic rings. The van der Waals surface area contributed by atoms with Gasteiger partial charge in [0.25, 0.3) is 5.91 Å². The van der Waals surface area contributed by atoms with Crippen molar-refractivity contribution in [1.82, 2.24) is 4.98 Å². The lowest BCUT2D eigenvalue weighted by atomic mass is 10.2. The summed E-state index contributed by atoms with van der Waals surface area (Å²) < 4.78 is 11.5. The molecule has 0 bridgehead atoms. The van der Waals surface area contributed by atoms with E-state index in [9.17, 15) is 4.79 Å². The van der Waals surface area contributed by atoms with Gasteiger partial charge in [-0.05, 0) is 53.5 Å². The Balaban J connectivity index is 2.30. The third-order valence-electron chi connectivity index (χ3n) is 3.02. The van der Waals surface area contributed by atoms with Crippen LogP contribution >= 0.6 is 15.9 Å². The Hall–Kier alpha value is -2.08. The van der Waals surface area contributed by atoms with Gasteiger partial charge in [0.15, 0.2) is 11.5 Å². The lowest BCUT2D eigenvalue weighted by Crippen LogP contribution is -2.14. The second kappa shape index (κ2) is 7.26. The summed E-state index contributed by atoms with van der Waals surface area (Å²) in [5.41, 5.74) is 1.35. The van der Waals surface area contributed by atoms with Crippen molar-refractivity contribution in [3.05, 3.63) is 46.1 Å². The van der Waals surface area contributed by atoms with Gasteiger partial charge in [0.1, 0.15) is 5.82 Å². The van der Waals surface area contributed by atoms with E-state index in [-0.39, 0.29) is 5.91 Å². The van der Waals surface area contributed by atoms with E-state index in [2.05, 4.69) is 26.2 Å². The normalized spacial score (nSPS) is 10.2. The van der Waals surface area contributed by atoms with Crippen molar-refractivity contribution in [2.45, 2.75) is 13.8 Å². The van der Waals surface area contributed by atoms with Crippen LogP contribution in [0.4, 0.5) is 5.82 Å². The molecule has 1 heterocycles. The smallest absolute Gasteiger partial charge is 0.257 e. The molecule has 1 N–H and O–H groups in total. The molecule has 6 heteroatoms. The maximum atomic E-state index is 12.4. The average Bonchev–Trinajstić information content (AvgIpc) is 2.51. The van der Waals surface area contributed by atoms with Crippen molar-refractivity contribution < 1.29 is 14.3 Å². The number of nitrogens with one attached hydrogen (secondary N) is 1. The van der Waals surface area contributed by atoms with Gasteiger partial charge in [-0.15, -0.1) is 0 Å². The Labute approximate surface area is 137 Å². The van der Waals surface area contributed by atoms with Crippen LogP contribution in [0.25, 0.3) is 0 Å². The number of nitrogens with zero attached hydrogens (tertiary/aromatic N) is 1. The minimum Gasteiger partial charge on any atom is -0.493 e. The fourth-order valence-electron chi connectivity index (χ4n) is 1.93.